The zero-order valence-electron chi connectivity index (χ0n) is 12.0. The predicted octanol–water partition coefficient (Wildman–Crippen LogP) is 2.93. The summed E-state index contributed by atoms with van der Waals surface area (Å²) >= 11 is 3.21. The van der Waals surface area contributed by atoms with Crippen molar-refractivity contribution in [2.45, 2.75) is 25.7 Å². The normalized spacial score (nSPS) is 11.3. The van der Waals surface area contributed by atoms with Crippen molar-refractivity contribution >= 4 is 41.6 Å². The molecule has 0 N–H and O–H groups in total. The molecule has 0 aliphatic rings. The Kier molecular flexibility index (Phi) is 6.49. The summed E-state index contributed by atoms with van der Waals surface area (Å²) in [7, 11) is 1.45. The maximum absolute atomic E-state index is 11.9. The number of carbonyl (C=O) groups excluding carboxylic acids is 1. The molecule has 0 unspecified atom stereocenters. The van der Waals surface area contributed by atoms with E-state index in [0.717, 1.165) is 0 Å². The van der Waals surface area contributed by atoms with Gasteiger partial charge in [0.05, 0.1) is 0 Å². The molecule has 0 atom stereocenters. The highest BCUT2D eigenvalue weighted by atomic mass is 79.9. The fourth-order valence-corrected chi connectivity index (χ4v) is 3.64. The van der Waals surface area contributed by atoms with E-state index in [1.807, 2.05) is 13.8 Å². The fourth-order valence-electron chi connectivity index (χ4n) is 1.87. The zero-order valence-corrected chi connectivity index (χ0v) is 15.2. The van der Waals surface area contributed by atoms with E-state index in [-0.39, 0.29) is 23.2 Å². The lowest BCUT2D eigenvalue weighted by Gasteiger charge is -2.19. The smallest absolute Gasteiger partial charge is 0.265 e. The van der Waals surface area contributed by atoms with Crippen LogP contribution in [0.25, 0.3) is 0 Å². The predicted molar refractivity (Wildman–Crippen MR) is 85.3 cm³/mol. The zero-order chi connectivity index (χ0) is 16.2. The lowest BCUT2D eigenvalue weighted by molar-refractivity contribution is -0.133. The highest BCUT2D eigenvalue weighted by Gasteiger charge is 2.21. The minimum Gasteiger partial charge on any atom is -0.482 e. The number of rotatable bonds is 6. The van der Waals surface area contributed by atoms with Gasteiger partial charge in [-0.25, -0.2) is 8.42 Å². The molecule has 0 saturated heterocycles. The minimum absolute atomic E-state index is 0.105. The molecule has 0 heterocycles. The van der Waals surface area contributed by atoms with E-state index in [1.165, 1.54) is 6.07 Å². The number of halogens is 2. The standard InChI is InChI=1S/C13H17BrClNO4S/c1-4-16(5-2)12(17)8-20-13-9(3)6-10(14)7-11(13)21(15,18)19/h6-7H,4-5,8H2,1-3H3. The van der Waals surface area contributed by atoms with Crippen LogP contribution in [0.4, 0.5) is 0 Å². The van der Waals surface area contributed by atoms with Crippen LogP contribution in [-0.2, 0) is 13.8 Å². The second-order valence-electron chi connectivity index (χ2n) is 4.34. The van der Waals surface area contributed by atoms with Crippen molar-refractivity contribution in [2.24, 2.45) is 0 Å². The van der Waals surface area contributed by atoms with Gasteiger partial charge in [0.15, 0.2) is 6.61 Å². The maximum Gasteiger partial charge on any atom is 0.265 e. The molecule has 0 aliphatic carbocycles. The van der Waals surface area contributed by atoms with E-state index in [9.17, 15) is 13.2 Å². The summed E-state index contributed by atoms with van der Waals surface area (Å²) in [5, 5.41) is 0. The molecule has 1 aromatic carbocycles. The van der Waals surface area contributed by atoms with Crippen LogP contribution in [0, 0.1) is 6.92 Å². The quantitative estimate of drug-likeness (QED) is 0.691. The Morgan fingerprint density at radius 2 is 1.90 bits per heavy atom. The van der Waals surface area contributed by atoms with Gasteiger partial charge in [-0.2, -0.15) is 0 Å². The Labute approximate surface area is 137 Å². The summed E-state index contributed by atoms with van der Waals surface area (Å²) < 4.78 is 29.2. The van der Waals surface area contributed by atoms with Crippen LogP contribution in [0.2, 0.25) is 0 Å². The Morgan fingerprint density at radius 1 is 1.33 bits per heavy atom. The number of hydrogen-bond acceptors (Lipinski definition) is 4. The number of aryl methyl sites for hydroxylation is 1. The molecule has 0 spiro atoms. The van der Waals surface area contributed by atoms with E-state index in [1.54, 1.807) is 17.9 Å². The molecule has 0 radical (unpaired) electrons. The topological polar surface area (TPSA) is 63.7 Å². The molecule has 0 aliphatic heterocycles. The van der Waals surface area contributed by atoms with Gasteiger partial charge in [-0.05, 0) is 38.5 Å². The second-order valence-corrected chi connectivity index (χ2v) is 7.79. The van der Waals surface area contributed by atoms with Crippen LogP contribution < -0.4 is 4.74 Å². The number of nitrogens with zero attached hydrogens (tertiary/aromatic N) is 1. The van der Waals surface area contributed by atoms with E-state index in [2.05, 4.69) is 15.9 Å². The van der Waals surface area contributed by atoms with Crippen molar-refractivity contribution in [3.8, 4) is 5.75 Å². The first kappa shape index (κ1) is 18.3. The molecule has 0 aromatic heterocycles. The first-order chi connectivity index (χ1) is 9.70. The molecular formula is C13H17BrClNO4S. The van der Waals surface area contributed by atoms with Gasteiger partial charge in [-0.15, -0.1) is 0 Å². The van der Waals surface area contributed by atoms with Crippen molar-refractivity contribution < 1.29 is 17.9 Å². The van der Waals surface area contributed by atoms with Crippen molar-refractivity contribution in [1.29, 1.82) is 0 Å². The van der Waals surface area contributed by atoms with Gasteiger partial charge in [0.1, 0.15) is 10.6 Å². The van der Waals surface area contributed by atoms with Gasteiger partial charge >= 0.3 is 0 Å². The monoisotopic (exact) mass is 397 g/mol. The van der Waals surface area contributed by atoms with Crippen LogP contribution in [0.15, 0.2) is 21.5 Å². The molecular weight excluding hydrogens is 382 g/mol. The number of hydrogen-bond donors (Lipinski definition) is 0. The van der Waals surface area contributed by atoms with Crippen LogP contribution in [0.5, 0.6) is 5.75 Å². The molecule has 5 nitrogen and oxygen atoms in total. The Bertz CT molecular complexity index is 629. The van der Waals surface area contributed by atoms with Gasteiger partial charge < -0.3 is 9.64 Å². The first-order valence-corrected chi connectivity index (χ1v) is 9.46. The third-order valence-electron chi connectivity index (χ3n) is 2.92. The third-order valence-corrected chi connectivity index (χ3v) is 4.71. The maximum atomic E-state index is 11.9. The summed E-state index contributed by atoms with van der Waals surface area (Å²) in [6, 6.07) is 3.05. The summed E-state index contributed by atoms with van der Waals surface area (Å²) in [5.41, 5.74) is 0.580. The van der Waals surface area contributed by atoms with Crippen molar-refractivity contribution in [3.63, 3.8) is 0 Å². The highest BCUT2D eigenvalue weighted by Crippen LogP contribution is 2.33. The largest absolute Gasteiger partial charge is 0.482 e. The molecule has 1 amide bonds. The highest BCUT2D eigenvalue weighted by molar-refractivity contribution is 9.10. The fraction of sp³-hybridized carbons (Fsp3) is 0.462. The van der Waals surface area contributed by atoms with Crippen molar-refractivity contribution in [3.05, 3.63) is 22.2 Å². The molecule has 1 aromatic rings. The third kappa shape index (κ3) is 4.86. The molecule has 0 saturated carbocycles. The summed E-state index contributed by atoms with van der Waals surface area (Å²) in [6.45, 7) is 6.32. The Balaban J connectivity index is 3.06. The van der Waals surface area contributed by atoms with Crippen LogP contribution in [-0.4, -0.2) is 38.9 Å². The number of amides is 1. The summed E-state index contributed by atoms with van der Waals surface area (Å²) in [6.07, 6.45) is 0. The first-order valence-electron chi connectivity index (χ1n) is 6.36. The summed E-state index contributed by atoms with van der Waals surface area (Å²) in [5.74, 6) is -0.103. The SMILES string of the molecule is CCN(CC)C(=O)COc1c(C)cc(Br)cc1S(=O)(=O)Cl. The van der Waals surface area contributed by atoms with Gasteiger partial charge in [0.2, 0.25) is 0 Å². The van der Waals surface area contributed by atoms with Crippen molar-refractivity contribution in [1.82, 2.24) is 4.90 Å². The molecule has 118 valence electrons. The van der Waals surface area contributed by atoms with Gasteiger partial charge in [0.25, 0.3) is 15.0 Å². The van der Waals surface area contributed by atoms with Crippen LogP contribution >= 0.6 is 26.6 Å². The van der Waals surface area contributed by atoms with E-state index < -0.39 is 9.05 Å². The molecule has 0 bridgehead atoms. The van der Waals surface area contributed by atoms with E-state index in [0.29, 0.717) is 23.1 Å². The Morgan fingerprint density at radius 3 is 2.38 bits per heavy atom. The van der Waals surface area contributed by atoms with Crippen LogP contribution in [0.1, 0.15) is 19.4 Å². The number of ether oxygens (including phenoxy) is 1. The number of carbonyl (C=O) groups is 1. The lowest BCUT2D eigenvalue weighted by Crippen LogP contribution is -2.34. The number of likely N-dealkylation sites (N-methyl/N-ethyl adjacent to an activating group) is 1. The van der Waals surface area contributed by atoms with E-state index >= 15 is 0 Å². The average molecular weight is 399 g/mol. The average Bonchev–Trinajstić information content (AvgIpc) is 2.37. The number of benzene rings is 1. The van der Waals surface area contributed by atoms with E-state index in [4.69, 9.17) is 15.4 Å². The lowest BCUT2D eigenvalue weighted by atomic mass is 10.2. The van der Waals surface area contributed by atoms with Gasteiger partial charge in [-0.3, -0.25) is 4.79 Å². The minimum atomic E-state index is -3.97. The van der Waals surface area contributed by atoms with Crippen LogP contribution in [0.3, 0.4) is 0 Å². The molecule has 21 heavy (non-hydrogen) atoms. The molecule has 8 heteroatoms. The van der Waals surface area contributed by atoms with Crippen molar-refractivity contribution in [2.75, 3.05) is 19.7 Å². The molecule has 0 fully saturated rings. The Hall–Kier alpha value is -0.790. The second kappa shape index (κ2) is 7.47. The summed E-state index contributed by atoms with van der Waals surface area (Å²) in [4.78, 5) is 13.4. The van der Waals surface area contributed by atoms with Gasteiger partial charge in [-0.1, -0.05) is 15.9 Å². The molecule has 1 rings (SSSR count). The van der Waals surface area contributed by atoms with Gasteiger partial charge in [0, 0.05) is 28.2 Å².